The minimum absolute atomic E-state index is 0.180. The second-order valence-corrected chi connectivity index (χ2v) is 7.36. The molecule has 152 valence electrons. The van der Waals surface area contributed by atoms with E-state index in [4.69, 9.17) is 16.3 Å². The van der Waals surface area contributed by atoms with Crippen molar-refractivity contribution in [2.45, 2.75) is 11.5 Å². The Morgan fingerprint density at radius 3 is 2.83 bits per heavy atom. The first-order valence-corrected chi connectivity index (χ1v) is 9.53. The summed E-state index contributed by atoms with van der Waals surface area (Å²) in [7, 11) is 0. The molecular formula is C18H15ClF2N4O3S. The first-order valence-electron chi connectivity index (χ1n) is 8.63. The van der Waals surface area contributed by atoms with Gasteiger partial charge in [0.25, 0.3) is 5.91 Å². The van der Waals surface area contributed by atoms with Gasteiger partial charge in [-0.3, -0.25) is 19.4 Å². The van der Waals surface area contributed by atoms with Crippen molar-refractivity contribution in [3.63, 3.8) is 0 Å². The molecule has 0 bridgehead atoms. The van der Waals surface area contributed by atoms with Crippen LogP contribution in [0.3, 0.4) is 0 Å². The molecule has 0 aliphatic carbocycles. The summed E-state index contributed by atoms with van der Waals surface area (Å²) in [6, 6.07) is 4.66. The second-order valence-electron chi connectivity index (χ2n) is 6.49. The predicted molar refractivity (Wildman–Crippen MR) is 105 cm³/mol. The number of carbonyl (C=O) groups is 2. The molecule has 2 atom stereocenters. The van der Waals surface area contributed by atoms with E-state index in [2.05, 4.69) is 22.9 Å². The lowest BCUT2D eigenvalue weighted by Gasteiger charge is -2.30. The molecule has 3 heterocycles. The van der Waals surface area contributed by atoms with E-state index in [1.807, 2.05) is 4.90 Å². The molecule has 2 aromatic rings. The summed E-state index contributed by atoms with van der Waals surface area (Å²) in [5, 5.41) is 2.65. The fourth-order valence-electron chi connectivity index (χ4n) is 3.32. The number of pyridine rings is 1. The first-order chi connectivity index (χ1) is 13.9. The molecular weight excluding hydrogens is 426 g/mol. The summed E-state index contributed by atoms with van der Waals surface area (Å²) in [4.78, 5) is 31.8. The normalized spacial score (nSPS) is 21.9. The Labute approximate surface area is 175 Å². The summed E-state index contributed by atoms with van der Waals surface area (Å²) in [5.74, 6) is -3.00. The van der Waals surface area contributed by atoms with Crippen LogP contribution >= 0.6 is 24.2 Å². The summed E-state index contributed by atoms with van der Waals surface area (Å²) >= 11 is 10.9. The van der Waals surface area contributed by atoms with E-state index in [1.54, 1.807) is 6.07 Å². The Morgan fingerprint density at radius 2 is 2.14 bits per heavy atom. The van der Waals surface area contributed by atoms with Crippen LogP contribution in [0.5, 0.6) is 0 Å². The van der Waals surface area contributed by atoms with Gasteiger partial charge in [-0.1, -0.05) is 11.6 Å². The van der Waals surface area contributed by atoms with Crippen LogP contribution in [0.1, 0.15) is 10.5 Å². The zero-order valence-corrected chi connectivity index (χ0v) is 16.5. The molecule has 2 aliphatic rings. The third-order valence-corrected chi connectivity index (χ3v) is 5.54. The Hall–Kier alpha value is -2.27. The molecule has 2 saturated heterocycles. The molecule has 4 rings (SSSR count). The highest BCUT2D eigenvalue weighted by molar-refractivity contribution is 7.81. The minimum Gasteiger partial charge on any atom is -0.378 e. The molecule has 11 heteroatoms. The molecule has 2 amide bonds. The summed E-state index contributed by atoms with van der Waals surface area (Å²) < 4.78 is 32.1. The zero-order chi connectivity index (χ0) is 20.7. The third kappa shape index (κ3) is 3.68. The minimum atomic E-state index is -1.08. The Balaban J connectivity index is 1.55. The number of fused-ring (bicyclic) bond motifs is 1. The smallest absolute Gasteiger partial charge is 0.277 e. The molecule has 1 aromatic heterocycles. The van der Waals surface area contributed by atoms with E-state index < -0.39 is 34.8 Å². The highest BCUT2D eigenvalue weighted by Crippen LogP contribution is 2.37. The molecule has 2 fully saturated rings. The SMILES string of the molecule is O=C(Nc1ccc(N2C(=O)C3COCCN3C2S)c(Cl)c1)c1ncc(F)cc1F. The highest BCUT2D eigenvalue weighted by Gasteiger charge is 2.47. The van der Waals surface area contributed by atoms with Crippen molar-refractivity contribution in [2.24, 2.45) is 0 Å². The number of morpholine rings is 1. The predicted octanol–water partition coefficient (Wildman–Crippen LogP) is 2.53. The van der Waals surface area contributed by atoms with Crippen LogP contribution in [0, 0.1) is 11.6 Å². The van der Waals surface area contributed by atoms with Gasteiger partial charge >= 0.3 is 0 Å². The van der Waals surface area contributed by atoms with Crippen molar-refractivity contribution in [1.82, 2.24) is 9.88 Å². The van der Waals surface area contributed by atoms with Gasteiger partial charge in [-0.05, 0) is 18.2 Å². The Bertz CT molecular complexity index is 996. The number of benzene rings is 1. The van der Waals surface area contributed by atoms with Crippen molar-refractivity contribution >= 4 is 47.4 Å². The van der Waals surface area contributed by atoms with Gasteiger partial charge in [0.2, 0.25) is 5.91 Å². The maximum atomic E-state index is 13.7. The Morgan fingerprint density at radius 1 is 1.34 bits per heavy atom. The fourth-order valence-corrected chi connectivity index (χ4v) is 4.11. The van der Waals surface area contributed by atoms with Crippen LogP contribution in [0.15, 0.2) is 30.5 Å². The van der Waals surface area contributed by atoms with E-state index in [9.17, 15) is 18.4 Å². The van der Waals surface area contributed by atoms with Gasteiger partial charge in [-0.25, -0.2) is 13.8 Å². The van der Waals surface area contributed by atoms with E-state index in [0.29, 0.717) is 24.9 Å². The number of hydrogen-bond donors (Lipinski definition) is 2. The van der Waals surface area contributed by atoms with Crippen molar-refractivity contribution in [3.8, 4) is 0 Å². The lowest BCUT2D eigenvalue weighted by Crippen LogP contribution is -2.45. The standard InChI is InChI=1S/C18H15ClF2N4O3S/c19-11-6-10(23-16(26)15-12(21)5-9(20)7-22-15)1-2-13(11)25-17(27)14-8-28-4-3-24(14)18(25)29/h1-2,5-7,14,18,29H,3-4,8H2,(H,23,26). The average molecular weight is 441 g/mol. The highest BCUT2D eigenvalue weighted by atomic mass is 35.5. The van der Waals surface area contributed by atoms with Crippen molar-refractivity contribution in [1.29, 1.82) is 0 Å². The number of anilines is 2. The number of amides is 2. The molecule has 7 nitrogen and oxygen atoms in total. The Kier molecular flexibility index (Phi) is 5.43. The average Bonchev–Trinajstić information content (AvgIpc) is 2.93. The number of thiol groups is 1. The molecule has 2 aliphatic heterocycles. The van der Waals surface area contributed by atoms with E-state index in [-0.39, 0.29) is 23.2 Å². The molecule has 0 radical (unpaired) electrons. The van der Waals surface area contributed by atoms with Crippen LogP contribution < -0.4 is 10.2 Å². The number of carbonyl (C=O) groups excluding carboxylic acids is 2. The van der Waals surface area contributed by atoms with Crippen LogP contribution in [0.2, 0.25) is 5.02 Å². The van der Waals surface area contributed by atoms with Gasteiger partial charge in [0.1, 0.15) is 17.4 Å². The van der Waals surface area contributed by atoms with Gasteiger partial charge < -0.3 is 10.1 Å². The maximum absolute atomic E-state index is 13.7. The van der Waals surface area contributed by atoms with Gasteiger partial charge in [0.15, 0.2) is 11.5 Å². The number of rotatable bonds is 3. The molecule has 0 spiro atoms. The second kappa shape index (κ2) is 7.86. The number of halogens is 3. The first kappa shape index (κ1) is 20.0. The van der Waals surface area contributed by atoms with Crippen molar-refractivity contribution in [2.75, 3.05) is 30.0 Å². The van der Waals surface area contributed by atoms with Gasteiger partial charge in [-0.15, -0.1) is 12.6 Å². The molecule has 29 heavy (non-hydrogen) atoms. The number of nitrogens with zero attached hydrogens (tertiary/aromatic N) is 3. The number of hydrogen-bond acceptors (Lipinski definition) is 6. The lowest BCUT2D eigenvalue weighted by atomic mass is 10.2. The summed E-state index contributed by atoms with van der Waals surface area (Å²) in [6.07, 6.45) is 0.748. The third-order valence-electron chi connectivity index (χ3n) is 4.71. The van der Waals surface area contributed by atoms with Crippen molar-refractivity contribution < 1.29 is 23.1 Å². The topological polar surface area (TPSA) is 74.8 Å². The molecule has 0 saturated carbocycles. The number of ether oxygens (including phenoxy) is 1. The molecule has 2 unspecified atom stereocenters. The van der Waals surface area contributed by atoms with Crippen LogP contribution in [-0.4, -0.2) is 53.0 Å². The van der Waals surface area contributed by atoms with Crippen LogP contribution in [0.25, 0.3) is 0 Å². The summed E-state index contributed by atoms with van der Waals surface area (Å²) in [6.45, 7) is 1.37. The quantitative estimate of drug-likeness (QED) is 0.717. The largest absolute Gasteiger partial charge is 0.378 e. The number of aromatic nitrogens is 1. The fraction of sp³-hybridized carbons (Fsp3) is 0.278. The van der Waals surface area contributed by atoms with E-state index in [0.717, 1.165) is 6.20 Å². The monoisotopic (exact) mass is 440 g/mol. The van der Waals surface area contributed by atoms with Crippen molar-refractivity contribution in [3.05, 3.63) is 52.8 Å². The maximum Gasteiger partial charge on any atom is 0.277 e. The van der Waals surface area contributed by atoms with Gasteiger partial charge in [-0.2, -0.15) is 0 Å². The van der Waals surface area contributed by atoms with Gasteiger partial charge in [0.05, 0.1) is 30.1 Å². The lowest BCUT2D eigenvalue weighted by molar-refractivity contribution is -0.123. The van der Waals surface area contributed by atoms with Crippen LogP contribution in [-0.2, 0) is 9.53 Å². The zero-order valence-electron chi connectivity index (χ0n) is 14.8. The molecule has 1 aromatic carbocycles. The van der Waals surface area contributed by atoms with Gasteiger partial charge in [0, 0.05) is 18.3 Å². The molecule has 1 N–H and O–H groups in total. The van der Waals surface area contributed by atoms with E-state index >= 15 is 0 Å². The number of nitrogens with one attached hydrogen (secondary N) is 1. The van der Waals surface area contributed by atoms with Crippen LogP contribution in [0.4, 0.5) is 20.2 Å². The van der Waals surface area contributed by atoms with E-state index in [1.165, 1.54) is 17.0 Å². The summed E-state index contributed by atoms with van der Waals surface area (Å²) in [5.41, 5.74) is -0.353.